The molecule has 0 saturated carbocycles. The smallest absolute Gasteiger partial charge is 0.0140 e. The molecular formula is C17H17P. The lowest BCUT2D eigenvalue weighted by Gasteiger charge is -2.19. The van der Waals surface area contributed by atoms with E-state index in [1.807, 2.05) is 6.92 Å². The number of benzene rings is 2. The second kappa shape index (κ2) is 6.33. The fraction of sp³-hybridized carbons (Fsp3) is 0.0588. The molecule has 0 bridgehead atoms. The van der Waals surface area contributed by atoms with Gasteiger partial charge in [0.25, 0.3) is 0 Å². The summed E-state index contributed by atoms with van der Waals surface area (Å²) in [7, 11) is -0.499. The summed E-state index contributed by atoms with van der Waals surface area (Å²) in [6.07, 6.45) is 4.18. The molecule has 0 radical (unpaired) electrons. The Bertz CT molecular complexity index is 487. The second-order valence-electron chi connectivity index (χ2n) is 4.00. The fourth-order valence-corrected chi connectivity index (χ4v) is 4.10. The first kappa shape index (κ1) is 12.8. The molecule has 0 heterocycles. The van der Waals surface area contributed by atoms with Crippen LogP contribution < -0.4 is 10.6 Å². The standard InChI is InChI=1S/C17H17P/c1-3-10-15(2)18(16-11-6-4-7-12-16)17-13-8-5-9-14-17/h3-14H,2H2,1H3. The lowest BCUT2D eigenvalue weighted by Crippen LogP contribution is -2.11. The van der Waals surface area contributed by atoms with Gasteiger partial charge in [-0.25, -0.2) is 0 Å². The van der Waals surface area contributed by atoms with Crippen LogP contribution in [0.15, 0.2) is 84.7 Å². The van der Waals surface area contributed by atoms with Crippen LogP contribution in [0, 0.1) is 0 Å². The van der Waals surface area contributed by atoms with E-state index in [0.717, 1.165) is 0 Å². The first-order valence-electron chi connectivity index (χ1n) is 6.05. The molecule has 2 aromatic carbocycles. The van der Waals surface area contributed by atoms with Crippen molar-refractivity contribution in [2.45, 2.75) is 6.92 Å². The van der Waals surface area contributed by atoms with Gasteiger partial charge in [-0.3, -0.25) is 0 Å². The van der Waals surface area contributed by atoms with Crippen LogP contribution in [0.2, 0.25) is 0 Å². The Hall–Kier alpha value is -1.65. The minimum absolute atomic E-state index is 0.499. The third-order valence-electron chi connectivity index (χ3n) is 2.68. The van der Waals surface area contributed by atoms with Crippen molar-refractivity contribution in [3.05, 3.63) is 84.7 Å². The quantitative estimate of drug-likeness (QED) is 0.565. The first-order chi connectivity index (χ1) is 8.83. The molecule has 0 unspecified atom stereocenters. The maximum atomic E-state index is 4.24. The molecule has 0 spiro atoms. The van der Waals surface area contributed by atoms with E-state index in [0.29, 0.717) is 0 Å². The van der Waals surface area contributed by atoms with Gasteiger partial charge in [0.2, 0.25) is 0 Å². The maximum absolute atomic E-state index is 4.24. The number of rotatable bonds is 4. The predicted molar refractivity (Wildman–Crippen MR) is 83.0 cm³/mol. The van der Waals surface area contributed by atoms with Crippen molar-refractivity contribution in [1.29, 1.82) is 0 Å². The van der Waals surface area contributed by atoms with Gasteiger partial charge in [-0.05, 0) is 30.8 Å². The lowest BCUT2D eigenvalue weighted by atomic mass is 10.4. The summed E-state index contributed by atoms with van der Waals surface area (Å²) >= 11 is 0. The maximum Gasteiger partial charge on any atom is -0.0140 e. The molecule has 0 atom stereocenters. The average Bonchev–Trinajstić information content (AvgIpc) is 2.42. The zero-order valence-corrected chi connectivity index (χ0v) is 11.5. The highest BCUT2D eigenvalue weighted by Gasteiger charge is 2.14. The van der Waals surface area contributed by atoms with Crippen molar-refractivity contribution < 1.29 is 0 Å². The van der Waals surface area contributed by atoms with Crippen LogP contribution in [0.1, 0.15) is 6.92 Å². The zero-order chi connectivity index (χ0) is 12.8. The van der Waals surface area contributed by atoms with Crippen LogP contribution in [-0.2, 0) is 0 Å². The highest BCUT2D eigenvalue weighted by Crippen LogP contribution is 2.42. The van der Waals surface area contributed by atoms with Gasteiger partial charge < -0.3 is 0 Å². The summed E-state index contributed by atoms with van der Waals surface area (Å²) in [5.41, 5.74) is 0. The molecule has 0 aliphatic heterocycles. The van der Waals surface area contributed by atoms with Crippen molar-refractivity contribution in [3.63, 3.8) is 0 Å². The third kappa shape index (κ3) is 2.97. The van der Waals surface area contributed by atoms with Gasteiger partial charge in [-0.2, -0.15) is 0 Å². The Morgan fingerprint density at radius 3 is 1.72 bits per heavy atom. The molecule has 0 aliphatic rings. The number of hydrogen-bond donors (Lipinski definition) is 0. The minimum atomic E-state index is -0.499. The van der Waals surface area contributed by atoms with Crippen LogP contribution in [0.4, 0.5) is 0 Å². The molecule has 0 nitrogen and oxygen atoms in total. The largest absolute Gasteiger partial charge is 0.0907 e. The Balaban J connectivity index is 2.45. The highest BCUT2D eigenvalue weighted by molar-refractivity contribution is 7.77. The van der Waals surface area contributed by atoms with Gasteiger partial charge in [-0.15, -0.1) is 0 Å². The van der Waals surface area contributed by atoms with Crippen LogP contribution in [0.25, 0.3) is 0 Å². The van der Waals surface area contributed by atoms with Crippen LogP contribution >= 0.6 is 7.92 Å². The molecule has 0 fully saturated rings. The van der Waals surface area contributed by atoms with E-state index in [9.17, 15) is 0 Å². The summed E-state index contributed by atoms with van der Waals surface area (Å²) in [6.45, 7) is 6.28. The van der Waals surface area contributed by atoms with Crippen molar-refractivity contribution in [3.8, 4) is 0 Å². The van der Waals surface area contributed by atoms with Gasteiger partial charge in [0.05, 0.1) is 0 Å². The topological polar surface area (TPSA) is 0 Å². The first-order valence-corrected chi connectivity index (χ1v) is 7.39. The molecule has 1 heteroatoms. The SMILES string of the molecule is C=C(C=CC)P(c1ccccc1)c1ccccc1. The van der Waals surface area contributed by atoms with E-state index in [2.05, 4.69) is 79.4 Å². The molecule has 0 N–H and O–H groups in total. The van der Waals surface area contributed by atoms with E-state index >= 15 is 0 Å². The molecular weight excluding hydrogens is 235 g/mol. The monoisotopic (exact) mass is 252 g/mol. The average molecular weight is 252 g/mol. The third-order valence-corrected chi connectivity index (χ3v) is 5.03. The van der Waals surface area contributed by atoms with E-state index < -0.39 is 7.92 Å². The fourth-order valence-electron chi connectivity index (χ4n) is 1.90. The van der Waals surface area contributed by atoms with Crippen molar-refractivity contribution in [1.82, 2.24) is 0 Å². The van der Waals surface area contributed by atoms with Crippen molar-refractivity contribution in [2.24, 2.45) is 0 Å². The van der Waals surface area contributed by atoms with E-state index in [-0.39, 0.29) is 0 Å². The predicted octanol–water partition coefficient (Wildman–Crippen LogP) is 4.21. The number of allylic oxidation sites excluding steroid dienone is 3. The van der Waals surface area contributed by atoms with Gasteiger partial charge in [0.15, 0.2) is 0 Å². The molecule has 0 aromatic heterocycles. The molecule has 2 rings (SSSR count). The van der Waals surface area contributed by atoms with Gasteiger partial charge in [0, 0.05) is 0 Å². The van der Waals surface area contributed by atoms with E-state index in [4.69, 9.17) is 0 Å². The summed E-state index contributed by atoms with van der Waals surface area (Å²) in [6, 6.07) is 21.2. The van der Waals surface area contributed by atoms with E-state index in [1.165, 1.54) is 15.9 Å². The second-order valence-corrected chi connectivity index (χ2v) is 6.28. The van der Waals surface area contributed by atoms with Crippen LogP contribution in [-0.4, -0.2) is 0 Å². The van der Waals surface area contributed by atoms with Crippen molar-refractivity contribution >= 4 is 18.5 Å². The van der Waals surface area contributed by atoms with Crippen molar-refractivity contribution in [2.75, 3.05) is 0 Å². The van der Waals surface area contributed by atoms with Gasteiger partial charge in [-0.1, -0.05) is 79.4 Å². The summed E-state index contributed by atoms with van der Waals surface area (Å²) in [5, 5.41) is 3.88. The lowest BCUT2D eigenvalue weighted by molar-refractivity contribution is 1.71. The normalized spacial score (nSPS) is 11.0. The molecule has 90 valence electrons. The Morgan fingerprint density at radius 1 is 0.889 bits per heavy atom. The highest BCUT2D eigenvalue weighted by atomic mass is 31.1. The zero-order valence-electron chi connectivity index (χ0n) is 10.6. The Labute approximate surface area is 110 Å². The molecule has 0 amide bonds. The molecule has 2 aromatic rings. The summed E-state index contributed by atoms with van der Waals surface area (Å²) < 4.78 is 0. The summed E-state index contributed by atoms with van der Waals surface area (Å²) in [5.74, 6) is 0. The molecule has 0 aliphatic carbocycles. The number of hydrogen-bond acceptors (Lipinski definition) is 0. The van der Waals surface area contributed by atoms with E-state index in [1.54, 1.807) is 0 Å². The van der Waals surface area contributed by atoms with Gasteiger partial charge >= 0.3 is 0 Å². The Kier molecular flexibility index (Phi) is 4.50. The van der Waals surface area contributed by atoms with Crippen LogP contribution in [0.5, 0.6) is 0 Å². The van der Waals surface area contributed by atoms with Gasteiger partial charge in [0.1, 0.15) is 0 Å². The minimum Gasteiger partial charge on any atom is -0.0907 e. The van der Waals surface area contributed by atoms with Crippen LogP contribution in [0.3, 0.4) is 0 Å². The molecule has 18 heavy (non-hydrogen) atoms. The summed E-state index contributed by atoms with van der Waals surface area (Å²) in [4.78, 5) is 0. The molecule has 0 saturated heterocycles. The Morgan fingerprint density at radius 2 is 1.33 bits per heavy atom.